The van der Waals surface area contributed by atoms with Crippen LogP contribution in [0.15, 0.2) is 77.7 Å². The maximum atomic E-state index is 12.5. The molecule has 0 spiro atoms. The Morgan fingerprint density at radius 1 is 0.833 bits per heavy atom. The highest BCUT2D eigenvalue weighted by molar-refractivity contribution is 7.92. The summed E-state index contributed by atoms with van der Waals surface area (Å²) in [7, 11) is -3.76. The molecule has 0 unspecified atom stereocenters. The molecule has 0 aromatic heterocycles. The number of halogens is 1. The molecule has 0 fully saturated rings. The van der Waals surface area contributed by atoms with Crippen LogP contribution in [0.1, 0.15) is 0 Å². The fourth-order valence-corrected chi connectivity index (χ4v) is 3.61. The van der Waals surface area contributed by atoms with Gasteiger partial charge in [-0.2, -0.15) is 0 Å². The fraction of sp³-hybridized carbons (Fsp3) is 0. The summed E-state index contributed by atoms with van der Waals surface area (Å²) in [6.45, 7) is 0. The first kappa shape index (κ1) is 16.4. The van der Waals surface area contributed by atoms with Crippen molar-refractivity contribution >= 4 is 27.3 Å². The number of nitrogens with one attached hydrogen (secondary N) is 1. The Hall–Kier alpha value is -2.50. The van der Waals surface area contributed by atoms with Crippen LogP contribution in [0.25, 0.3) is 11.1 Å². The summed E-state index contributed by atoms with van der Waals surface area (Å²) >= 11 is 5.94. The minimum absolute atomic E-state index is 0.0323. The Bertz CT molecular complexity index is 955. The first-order valence-electron chi connectivity index (χ1n) is 7.12. The Kier molecular flexibility index (Phi) is 4.46. The lowest BCUT2D eigenvalue weighted by Crippen LogP contribution is -2.13. The number of phenolic OH excluding ortho intramolecular Hbond substituents is 1. The standard InChI is InChI=1S/C18H14ClNO3S/c19-17-12-15(21)8-11-18(17)20-24(22,23)16-9-6-14(7-10-16)13-4-2-1-3-5-13/h1-12,20-21H. The quantitative estimate of drug-likeness (QED) is 0.673. The van der Waals surface area contributed by atoms with Gasteiger partial charge in [0.25, 0.3) is 10.0 Å². The predicted octanol–water partition coefficient (Wildman–Crippen LogP) is 4.51. The molecule has 3 aromatic rings. The van der Waals surface area contributed by atoms with E-state index in [-0.39, 0.29) is 21.4 Å². The second-order valence-corrected chi connectivity index (χ2v) is 7.25. The zero-order valence-corrected chi connectivity index (χ0v) is 14.1. The van der Waals surface area contributed by atoms with Crippen LogP contribution in [0.4, 0.5) is 5.69 Å². The molecule has 4 nitrogen and oxygen atoms in total. The third-order valence-electron chi connectivity index (χ3n) is 3.47. The summed E-state index contributed by atoms with van der Waals surface area (Å²) in [6, 6.07) is 20.3. The van der Waals surface area contributed by atoms with Crippen LogP contribution in [0.5, 0.6) is 5.75 Å². The topological polar surface area (TPSA) is 66.4 Å². The van der Waals surface area contributed by atoms with Gasteiger partial charge < -0.3 is 5.11 Å². The molecule has 0 radical (unpaired) electrons. The molecule has 0 aliphatic rings. The molecule has 0 saturated heterocycles. The number of rotatable bonds is 4. The third-order valence-corrected chi connectivity index (χ3v) is 5.16. The highest BCUT2D eigenvalue weighted by Crippen LogP contribution is 2.28. The zero-order chi connectivity index (χ0) is 17.2. The van der Waals surface area contributed by atoms with Gasteiger partial charge in [0.15, 0.2) is 0 Å². The molecule has 0 aliphatic carbocycles. The molecule has 0 amide bonds. The lowest BCUT2D eigenvalue weighted by atomic mass is 10.1. The van der Waals surface area contributed by atoms with E-state index >= 15 is 0 Å². The highest BCUT2D eigenvalue weighted by Gasteiger charge is 2.16. The second kappa shape index (κ2) is 6.55. The summed E-state index contributed by atoms with van der Waals surface area (Å²) in [4.78, 5) is 0.131. The van der Waals surface area contributed by atoms with E-state index < -0.39 is 10.0 Å². The van der Waals surface area contributed by atoms with E-state index in [1.54, 1.807) is 24.3 Å². The molecule has 2 N–H and O–H groups in total. The van der Waals surface area contributed by atoms with Crippen LogP contribution in [-0.4, -0.2) is 13.5 Å². The Labute approximate surface area is 145 Å². The van der Waals surface area contributed by atoms with Crippen LogP contribution >= 0.6 is 11.6 Å². The largest absolute Gasteiger partial charge is 0.508 e. The van der Waals surface area contributed by atoms with E-state index in [4.69, 9.17) is 11.6 Å². The zero-order valence-electron chi connectivity index (χ0n) is 12.5. The van der Waals surface area contributed by atoms with E-state index in [1.165, 1.54) is 18.2 Å². The van der Waals surface area contributed by atoms with Crippen LogP contribution in [0.3, 0.4) is 0 Å². The maximum absolute atomic E-state index is 12.5. The predicted molar refractivity (Wildman–Crippen MR) is 95.8 cm³/mol. The van der Waals surface area contributed by atoms with E-state index in [9.17, 15) is 13.5 Å². The lowest BCUT2D eigenvalue weighted by Gasteiger charge is -2.10. The van der Waals surface area contributed by atoms with Crippen molar-refractivity contribution in [2.24, 2.45) is 0 Å². The molecule has 3 rings (SSSR count). The lowest BCUT2D eigenvalue weighted by molar-refractivity contribution is 0.475. The van der Waals surface area contributed by atoms with Crippen molar-refractivity contribution in [2.75, 3.05) is 4.72 Å². The summed E-state index contributed by atoms with van der Waals surface area (Å²) in [5.74, 6) is -0.0323. The molecule has 0 saturated carbocycles. The molecular formula is C18H14ClNO3S. The van der Waals surface area contributed by atoms with Gasteiger partial charge in [-0.25, -0.2) is 8.42 Å². The van der Waals surface area contributed by atoms with Gasteiger partial charge in [-0.15, -0.1) is 0 Å². The van der Waals surface area contributed by atoms with Crippen LogP contribution in [0.2, 0.25) is 5.02 Å². The minimum atomic E-state index is -3.76. The minimum Gasteiger partial charge on any atom is -0.508 e. The molecule has 3 aromatic carbocycles. The molecule has 0 aliphatic heterocycles. The summed E-state index contributed by atoms with van der Waals surface area (Å²) in [5, 5.41) is 9.45. The van der Waals surface area contributed by atoms with Crippen molar-refractivity contribution in [3.05, 3.63) is 77.8 Å². The van der Waals surface area contributed by atoms with Gasteiger partial charge in [0.2, 0.25) is 0 Å². The number of aromatic hydroxyl groups is 1. The van der Waals surface area contributed by atoms with Gasteiger partial charge >= 0.3 is 0 Å². The van der Waals surface area contributed by atoms with Crippen molar-refractivity contribution in [1.82, 2.24) is 0 Å². The molecule has 24 heavy (non-hydrogen) atoms. The number of hydrogen-bond acceptors (Lipinski definition) is 3. The van der Waals surface area contributed by atoms with E-state index in [1.807, 2.05) is 30.3 Å². The van der Waals surface area contributed by atoms with Crippen LogP contribution in [-0.2, 0) is 10.0 Å². The van der Waals surface area contributed by atoms with Crippen molar-refractivity contribution < 1.29 is 13.5 Å². The Morgan fingerprint density at radius 2 is 1.46 bits per heavy atom. The molecule has 0 heterocycles. The second-order valence-electron chi connectivity index (χ2n) is 5.16. The monoisotopic (exact) mass is 359 g/mol. The Balaban J connectivity index is 1.87. The van der Waals surface area contributed by atoms with Gasteiger partial charge in [0, 0.05) is 6.07 Å². The third kappa shape index (κ3) is 3.53. The number of benzene rings is 3. The number of hydrogen-bond donors (Lipinski definition) is 2. The first-order chi connectivity index (χ1) is 11.5. The van der Waals surface area contributed by atoms with Crippen molar-refractivity contribution in [3.8, 4) is 16.9 Å². The summed E-state index contributed by atoms with van der Waals surface area (Å²) in [5.41, 5.74) is 2.15. The SMILES string of the molecule is O=S(=O)(Nc1ccc(O)cc1Cl)c1ccc(-c2ccccc2)cc1. The molecular weight excluding hydrogens is 346 g/mol. The maximum Gasteiger partial charge on any atom is 0.261 e. The van der Waals surface area contributed by atoms with E-state index in [0.29, 0.717) is 0 Å². The molecule has 6 heteroatoms. The number of sulfonamides is 1. The Morgan fingerprint density at radius 3 is 2.08 bits per heavy atom. The number of anilines is 1. The number of phenols is 1. The van der Waals surface area contributed by atoms with Crippen LogP contribution in [0, 0.1) is 0 Å². The van der Waals surface area contributed by atoms with Gasteiger partial charge in [-0.1, -0.05) is 54.1 Å². The molecule has 0 bridgehead atoms. The van der Waals surface area contributed by atoms with Gasteiger partial charge in [0.05, 0.1) is 15.6 Å². The van der Waals surface area contributed by atoms with Gasteiger partial charge in [-0.3, -0.25) is 4.72 Å². The fourth-order valence-electron chi connectivity index (χ4n) is 2.25. The average molecular weight is 360 g/mol. The van der Waals surface area contributed by atoms with Crippen molar-refractivity contribution in [2.45, 2.75) is 4.90 Å². The van der Waals surface area contributed by atoms with Crippen molar-refractivity contribution in [1.29, 1.82) is 0 Å². The van der Waals surface area contributed by atoms with Crippen LogP contribution < -0.4 is 4.72 Å². The first-order valence-corrected chi connectivity index (χ1v) is 8.99. The highest BCUT2D eigenvalue weighted by atomic mass is 35.5. The van der Waals surface area contributed by atoms with Crippen molar-refractivity contribution in [3.63, 3.8) is 0 Å². The summed E-state index contributed by atoms with van der Waals surface area (Å²) in [6.07, 6.45) is 0. The van der Waals surface area contributed by atoms with Gasteiger partial charge in [-0.05, 0) is 35.4 Å². The molecule has 0 atom stereocenters. The average Bonchev–Trinajstić information content (AvgIpc) is 2.58. The molecule has 122 valence electrons. The normalized spacial score (nSPS) is 11.2. The van der Waals surface area contributed by atoms with E-state index in [2.05, 4.69) is 4.72 Å². The van der Waals surface area contributed by atoms with E-state index in [0.717, 1.165) is 11.1 Å². The smallest absolute Gasteiger partial charge is 0.261 e. The summed E-state index contributed by atoms with van der Waals surface area (Å²) < 4.78 is 27.3. The van der Waals surface area contributed by atoms with Gasteiger partial charge in [0.1, 0.15) is 5.75 Å².